The molecule has 0 atom stereocenters. The second-order valence-corrected chi connectivity index (χ2v) is 9.38. The number of aryl methyl sites for hydroxylation is 2. The Morgan fingerprint density at radius 1 is 1.06 bits per heavy atom. The number of carbonyl (C=O) groups is 1. The first-order valence-electron chi connectivity index (χ1n) is 11.7. The van der Waals surface area contributed by atoms with Gasteiger partial charge in [0, 0.05) is 24.2 Å². The number of methoxy groups -OCH3 is 2. The van der Waals surface area contributed by atoms with Crippen molar-refractivity contribution in [2.24, 2.45) is 0 Å². The Labute approximate surface area is 200 Å². The van der Waals surface area contributed by atoms with Crippen molar-refractivity contribution >= 4 is 11.6 Å². The monoisotopic (exact) mass is 461 g/mol. The molecule has 1 saturated heterocycles. The van der Waals surface area contributed by atoms with E-state index in [2.05, 4.69) is 28.3 Å². The standard InChI is InChI=1S/C27H31N3O4/c1-18-25(19(2)34-28-18)26(31)30-17-27(23-15-22(33-4)8-9-24(23)30)10-12-29(13-11-27)16-20-6-5-7-21(14-20)32-3/h5-9,14-15H,10-13,16-17H2,1-4H3. The fourth-order valence-electron chi connectivity index (χ4n) is 5.48. The van der Waals surface area contributed by atoms with Crippen molar-refractivity contribution in [3.63, 3.8) is 0 Å². The van der Waals surface area contributed by atoms with Crippen LogP contribution >= 0.6 is 0 Å². The molecule has 178 valence electrons. The summed E-state index contributed by atoms with van der Waals surface area (Å²) in [5.41, 5.74) is 4.52. The van der Waals surface area contributed by atoms with E-state index in [1.54, 1.807) is 21.1 Å². The summed E-state index contributed by atoms with van der Waals surface area (Å²) >= 11 is 0. The van der Waals surface area contributed by atoms with Gasteiger partial charge in [-0.25, -0.2) is 0 Å². The summed E-state index contributed by atoms with van der Waals surface area (Å²) in [6, 6.07) is 14.3. The highest BCUT2D eigenvalue weighted by Gasteiger charge is 2.47. The summed E-state index contributed by atoms with van der Waals surface area (Å²) in [6.45, 7) is 7.08. The number of benzene rings is 2. The Morgan fingerprint density at radius 3 is 2.47 bits per heavy atom. The van der Waals surface area contributed by atoms with Crippen molar-refractivity contribution in [1.82, 2.24) is 10.1 Å². The maximum Gasteiger partial charge on any atom is 0.263 e. The van der Waals surface area contributed by atoms with Crippen LogP contribution in [0.1, 0.15) is 45.8 Å². The molecule has 1 amide bonds. The van der Waals surface area contributed by atoms with Gasteiger partial charge < -0.3 is 18.9 Å². The molecule has 0 saturated carbocycles. The largest absolute Gasteiger partial charge is 0.497 e. The van der Waals surface area contributed by atoms with Gasteiger partial charge in [0.15, 0.2) is 0 Å². The van der Waals surface area contributed by atoms with E-state index in [1.807, 2.05) is 36.1 Å². The maximum atomic E-state index is 13.6. The van der Waals surface area contributed by atoms with Gasteiger partial charge >= 0.3 is 0 Å². The maximum absolute atomic E-state index is 13.6. The molecule has 3 heterocycles. The van der Waals surface area contributed by atoms with Crippen molar-refractivity contribution in [2.75, 3.05) is 38.8 Å². The molecule has 0 aliphatic carbocycles. The second kappa shape index (κ2) is 8.80. The Morgan fingerprint density at radius 2 is 1.79 bits per heavy atom. The fraction of sp³-hybridized carbons (Fsp3) is 0.407. The summed E-state index contributed by atoms with van der Waals surface area (Å²) in [6.07, 6.45) is 1.95. The smallest absolute Gasteiger partial charge is 0.263 e. The molecule has 1 fully saturated rings. The summed E-state index contributed by atoms with van der Waals surface area (Å²) in [7, 11) is 3.39. The Kier molecular flexibility index (Phi) is 5.81. The van der Waals surface area contributed by atoms with Crippen molar-refractivity contribution in [3.8, 4) is 11.5 Å². The van der Waals surface area contributed by atoms with Crippen LogP contribution in [0.3, 0.4) is 0 Å². The minimum atomic E-state index is -0.0939. The first kappa shape index (κ1) is 22.5. The Hall–Kier alpha value is -3.32. The van der Waals surface area contributed by atoms with E-state index in [-0.39, 0.29) is 11.3 Å². The fourth-order valence-corrected chi connectivity index (χ4v) is 5.48. The molecule has 7 heteroatoms. The van der Waals surface area contributed by atoms with Crippen LogP contribution in [0.25, 0.3) is 0 Å². The summed E-state index contributed by atoms with van der Waals surface area (Å²) in [5.74, 6) is 2.23. The van der Waals surface area contributed by atoms with Crippen LogP contribution in [0, 0.1) is 13.8 Å². The lowest BCUT2D eigenvalue weighted by atomic mass is 9.74. The number of aromatic nitrogens is 1. The molecule has 3 aromatic rings. The number of carbonyl (C=O) groups excluding carboxylic acids is 1. The van der Waals surface area contributed by atoms with Gasteiger partial charge in [-0.15, -0.1) is 0 Å². The minimum absolute atomic E-state index is 0.0432. The number of hydrogen-bond donors (Lipinski definition) is 0. The quantitative estimate of drug-likeness (QED) is 0.557. The van der Waals surface area contributed by atoms with Crippen molar-refractivity contribution < 1.29 is 18.8 Å². The van der Waals surface area contributed by atoms with Gasteiger partial charge in [0.05, 0.1) is 19.9 Å². The molecule has 0 bridgehead atoms. The average Bonchev–Trinajstić information content (AvgIpc) is 3.36. The zero-order chi connectivity index (χ0) is 23.9. The van der Waals surface area contributed by atoms with Crippen LogP contribution in [-0.4, -0.2) is 49.8 Å². The van der Waals surface area contributed by atoms with Gasteiger partial charge in [-0.1, -0.05) is 17.3 Å². The highest BCUT2D eigenvalue weighted by atomic mass is 16.5. The van der Waals surface area contributed by atoms with Crippen LogP contribution in [0.5, 0.6) is 11.5 Å². The third kappa shape index (κ3) is 3.84. The van der Waals surface area contributed by atoms with Gasteiger partial charge in [-0.05, 0) is 81.2 Å². The van der Waals surface area contributed by atoms with Crippen molar-refractivity contribution in [1.29, 1.82) is 0 Å². The lowest BCUT2D eigenvalue weighted by Crippen LogP contribution is -2.45. The van der Waals surface area contributed by atoms with Gasteiger partial charge in [0.25, 0.3) is 5.91 Å². The van der Waals surface area contributed by atoms with E-state index in [0.29, 0.717) is 23.6 Å². The number of hydrogen-bond acceptors (Lipinski definition) is 6. The van der Waals surface area contributed by atoms with E-state index in [4.69, 9.17) is 14.0 Å². The molecule has 2 aliphatic rings. The average molecular weight is 462 g/mol. The SMILES string of the molecule is COc1cccc(CN2CCC3(CC2)CN(C(=O)c2c(C)noc2C)c2ccc(OC)cc23)c1. The van der Waals surface area contributed by atoms with Crippen LogP contribution in [0.2, 0.25) is 0 Å². The van der Waals surface area contributed by atoms with E-state index in [1.165, 1.54) is 11.1 Å². The predicted molar refractivity (Wildman–Crippen MR) is 130 cm³/mol. The molecule has 7 nitrogen and oxygen atoms in total. The second-order valence-electron chi connectivity index (χ2n) is 9.38. The van der Waals surface area contributed by atoms with Crippen LogP contribution in [-0.2, 0) is 12.0 Å². The highest BCUT2D eigenvalue weighted by molar-refractivity contribution is 6.09. The van der Waals surface area contributed by atoms with Gasteiger partial charge in [-0.2, -0.15) is 0 Å². The zero-order valence-corrected chi connectivity index (χ0v) is 20.3. The third-order valence-corrected chi connectivity index (χ3v) is 7.37. The number of likely N-dealkylation sites (tertiary alicyclic amines) is 1. The van der Waals surface area contributed by atoms with Crippen LogP contribution < -0.4 is 14.4 Å². The Balaban J connectivity index is 1.40. The molecule has 1 spiro atoms. The molecule has 0 unspecified atom stereocenters. The van der Waals surface area contributed by atoms with Gasteiger partial charge in [0.1, 0.15) is 22.8 Å². The lowest BCUT2D eigenvalue weighted by Gasteiger charge is -2.40. The number of fused-ring (bicyclic) bond motifs is 2. The number of ether oxygens (including phenoxy) is 2. The molecule has 2 aromatic carbocycles. The third-order valence-electron chi connectivity index (χ3n) is 7.37. The molecular formula is C27H31N3O4. The summed E-state index contributed by atoms with van der Waals surface area (Å²) in [4.78, 5) is 18.0. The van der Waals surface area contributed by atoms with Crippen molar-refractivity contribution in [2.45, 2.75) is 38.6 Å². The normalized spacial score (nSPS) is 17.1. The summed E-state index contributed by atoms with van der Waals surface area (Å²) < 4.78 is 16.2. The topological polar surface area (TPSA) is 68.0 Å². The summed E-state index contributed by atoms with van der Waals surface area (Å²) in [5, 5.41) is 4.00. The molecule has 0 radical (unpaired) electrons. The van der Waals surface area contributed by atoms with E-state index in [0.717, 1.165) is 49.7 Å². The van der Waals surface area contributed by atoms with Crippen molar-refractivity contribution in [3.05, 3.63) is 70.6 Å². The van der Waals surface area contributed by atoms with Gasteiger partial charge in [0.2, 0.25) is 0 Å². The molecule has 5 rings (SSSR count). The molecule has 2 aliphatic heterocycles. The van der Waals surface area contributed by atoms with Gasteiger partial charge in [-0.3, -0.25) is 9.69 Å². The van der Waals surface area contributed by atoms with E-state index >= 15 is 0 Å². The molecular weight excluding hydrogens is 430 g/mol. The number of rotatable bonds is 5. The number of amides is 1. The number of anilines is 1. The van der Waals surface area contributed by atoms with E-state index < -0.39 is 0 Å². The van der Waals surface area contributed by atoms with E-state index in [9.17, 15) is 4.79 Å². The first-order valence-corrected chi connectivity index (χ1v) is 11.7. The Bertz CT molecular complexity index is 1190. The molecule has 0 N–H and O–H groups in total. The minimum Gasteiger partial charge on any atom is -0.497 e. The first-order chi connectivity index (χ1) is 16.4. The van der Waals surface area contributed by atoms with Crippen LogP contribution in [0.15, 0.2) is 47.0 Å². The van der Waals surface area contributed by atoms with Crippen LogP contribution in [0.4, 0.5) is 5.69 Å². The number of nitrogens with zero attached hydrogens (tertiary/aromatic N) is 3. The lowest BCUT2D eigenvalue weighted by molar-refractivity contribution is 0.0973. The predicted octanol–water partition coefficient (Wildman–Crippen LogP) is 4.50. The highest BCUT2D eigenvalue weighted by Crippen LogP contribution is 2.49. The molecule has 1 aromatic heterocycles. The number of piperidine rings is 1. The zero-order valence-electron chi connectivity index (χ0n) is 20.3. The molecule has 34 heavy (non-hydrogen) atoms.